The maximum absolute atomic E-state index is 9.65. The first-order valence-electron chi connectivity index (χ1n) is 5.49. The number of rotatable bonds is 8. The number of aliphatic hydroxyl groups excluding tert-OH is 2. The number of aliphatic hydroxyl groups is 2. The third kappa shape index (κ3) is 4.91. The quantitative estimate of drug-likeness (QED) is 0.397. The Bertz CT molecular complexity index is 123. The largest absolute Gasteiger partial charge is 0.378 e. The Kier molecular flexibility index (Phi) is 8.08. The molecule has 4 heteroatoms. The highest BCUT2D eigenvalue weighted by Gasteiger charge is 2.19. The third-order valence-corrected chi connectivity index (χ3v) is 2.37. The van der Waals surface area contributed by atoms with Crippen LogP contribution in [0.15, 0.2) is 0 Å². The van der Waals surface area contributed by atoms with Crippen LogP contribution in [0, 0.1) is 0 Å². The van der Waals surface area contributed by atoms with Gasteiger partial charge in [0.05, 0.1) is 0 Å². The molecule has 4 nitrogen and oxygen atoms in total. The van der Waals surface area contributed by atoms with Crippen molar-refractivity contribution in [1.29, 1.82) is 0 Å². The van der Waals surface area contributed by atoms with E-state index in [0.717, 1.165) is 12.8 Å². The summed E-state index contributed by atoms with van der Waals surface area (Å²) in [6, 6.07) is 0. The van der Waals surface area contributed by atoms with Crippen LogP contribution in [0.25, 0.3) is 0 Å². The van der Waals surface area contributed by atoms with Gasteiger partial charge in [-0.25, -0.2) is 0 Å². The highest BCUT2D eigenvalue weighted by atomic mass is 16.3. The van der Waals surface area contributed by atoms with Gasteiger partial charge >= 0.3 is 0 Å². The summed E-state index contributed by atoms with van der Waals surface area (Å²) in [6.07, 6.45) is 2.05. The molecule has 0 radical (unpaired) electrons. The average Bonchev–Trinajstić information content (AvgIpc) is 2.22. The minimum absolute atomic E-state index is 0.539. The number of hydrogen-bond donors (Lipinski definition) is 3. The van der Waals surface area contributed by atoms with E-state index in [0.29, 0.717) is 25.9 Å². The summed E-state index contributed by atoms with van der Waals surface area (Å²) in [5.74, 6) is 0. The number of nitrogens with zero attached hydrogens (tertiary/aromatic N) is 1. The van der Waals surface area contributed by atoms with Crippen LogP contribution in [0.1, 0.15) is 39.5 Å². The molecule has 0 rings (SSSR count). The van der Waals surface area contributed by atoms with Crippen LogP contribution >= 0.6 is 0 Å². The van der Waals surface area contributed by atoms with Crippen LogP contribution < -0.4 is 5.73 Å². The second kappa shape index (κ2) is 8.17. The number of nitrogens with two attached hydrogens (primary N) is 1. The molecule has 0 heterocycles. The van der Waals surface area contributed by atoms with Gasteiger partial charge in [-0.3, -0.25) is 4.90 Å². The van der Waals surface area contributed by atoms with E-state index in [1.54, 1.807) is 4.90 Å². The Labute approximate surface area is 86.7 Å². The van der Waals surface area contributed by atoms with E-state index in [1.807, 2.05) is 13.8 Å². The molecule has 0 aromatic heterocycles. The van der Waals surface area contributed by atoms with Gasteiger partial charge in [0.2, 0.25) is 0 Å². The van der Waals surface area contributed by atoms with E-state index in [9.17, 15) is 10.2 Å². The van der Waals surface area contributed by atoms with Gasteiger partial charge in [-0.1, -0.05) is 13.8 Å². The lowest BCUT2D eigenvalue weighted by Gasteiger charge is -2.31. The van der Waals surface area contributed by atoms with Crippen LogP contribution in [0.4, 0.5) is 0 Å². The molecule has 86 valence electrons. The van der Waals surface area contributed by atoms with Crippen molar-refractivity contribution in [2.45, 2.75) is 52.0 Å². The summed E-state index contributed by atoms with van der Waals surface area (Å²) >= 11 is 0. The molecule has 0 saturated heterocycles. The summed E-state index contributed by atoms with van der Waals surface area (Å²) in [7, 11) is 0. The van der Waals surface area contributed by atoms with Gasteiger partial charge in [0.25, 0.3) is 0 Å². The predicted octanol–water partition coefficient (Wildman–Crippen LogP) is 0.484. The molecule has 0 aliphatic rings. The molecule has 0 aliphatic carbocycles. The van der Waals surface area contributed by atoms with E-state index in [4.69, 9.17) is 5.73 Å². The van der Waals surface area contributed by atoms with Crippen molar-refractivity contribution in [2.24, 2.45) is 5.73 Å². The normalized spacial score (nSPS) is 15.9. The molecule has 0 amide bonds. The lowest BCUT2D eigenvalue weighted by atomic mass is 10.2. The molecule has 4 N–H and O–H groups in total. The maximum atomic E-state index is 9.65. The van der Waals surface area contributed by atoms with E-state index in [2.05, 4.69) is 0 Å². The molecule has 2 unspecified atom stereocenters. The molecular weight excluding hydrogens is 180 g/mol. The molecule has 0 saturated carbocycles. The molecule has 0 aromatic rings. The summed E-state index contributed by atoms with van der Waals surface area (Å²) in [5, 5.41) is 19.3. The SMILES string of the molecule is CCC(O)N(CCCCN)C(O)CC. The highest BCUT2D eigenvalue weighted by molar-refractivity contribution is 4.64. The van der Waals surface area contributed by atoms with Gasteiger partial charge in [-0.05, 0) is 32.2 Å². The molecule has 2 atom stereocenters. The molecule has 0 aliphatic heterocycles. The zero-order valence-corrected chi connectivity index (χ0v) is 9.32. The van der Waals surface area contributed by atoms with Crippen molar-refractivity contribution in [3.63, 3.8) is 0 Å². The van der Waals surface area contributed by atoms with Crippen molar-refractivity contribution in [1.82, 2.24) is 4.90 Å². The topological polar surface area (TPSA) is 69.7 Å². The van der Waals surface area contributed by atoms with Crippen molar-refractivity contribution >= 4 is 0 Å². The van der Waals surface area contributed by atoms with Gasteiger partial charge in [0, 0.05) is 6.54 Å². The van der Waals surface area contributed by atoms with Crippen LogP contribution in [-0.4, -0.2) is 40.7 Å². The summed E-state index contributed by atoms with van der Waals surface area (Å²) < 4.78 is 0. The lowest BCUT2D eigenvalue weighted by molar-refractivity contribution is -0.104. The van der Waals surface area contributed by atoms with Gasteiger partial charge in [0.1, 0.15) is 12.5 Å². The first kappa shape index (κ1) is 13.8. The maximum Gasteiger partial charge on any atom is 0.109 e. The minimum Gasteiger partial charge on any atom is -0.378 e. The summed E-state index contributed by atoms with van der Waals surface area (Å²) in [6.45, 7) is 5.19. The van der Waals surface area contributed by atoms with Crippen molar-refractivity contribution in [3.8, 4) is 0 Å². The lowest BCUT2D eigenvalue weighted by Crippen LogP contribution is -2.43. The standard InChI is InChI=1S/C10H24N2O2/c1-3-9(13)12(10(14)4-2)8-6-5-7-11/h9-10,13-14H,3-8,11H2,1-2H3. The van der Waals surface area contributed by atoms with Gasteiger partial charge in [-0.2, -0.15) is 0 Å². The van der Waals surface area contributed by atoms with E-state index >= 15 is 0 Å². The van der Waals surface area contributed by atoms with Crippen LogP contribution in [0.5, 0.6) is 0 Å². The fourth-order valence-corrected chi connectivity index (χ4v) is 1.40. The molecule has 0 bridgehead atoms. The second-order valence-corrected chi connectivity index (χ2v) is 3.51. The smallest absolute Gasteiger partial charge is 0.109 e. The Balaban J connectivity index is 3.97. The number of hydrogen-bond acceptors (Lipinski definition) is 4. The van der Waals surface area contributed by atoms with Crippen molar-refractivity contribution in [3.05, 3.63) is 0 Å². The Morgan fingerprint density at radius 3 is 1.93 bits per heavy atom. The van der Waals surface area contributed by atoms with Gasteiger partial charge < -0.3 is 15.9 Å². The highest BCUT2D eigenvalue weighted by Crippen LogP contribution is 2.09. The van der Waals surface area contributed by atoms with E-state index in [-0.39, 0.29) is 0 Å². The fraction of sp³-hybridized carbons (Fsp3) is 1.00. The third-order valence-electron chi connectivity index (χ3n) is 2.37. The summed E-state index contributed by atoms with van der Waals surface area (Å²) in [5.41, 5.74) is 5.39. The molecule has 0 spiro atoms. The predicted molar refractivity (Wildman–Crippen MR) is 57.6 cm³/mol. The molecule has 14 heavy (non-hydrogen) atoms. The average molecular weight is 204 g/mol. The summed E-state index contributed by atoms with van der Waals surface area (Å²) in [4.78, 5) is 1.73. The Hall–Kier alpha value is -0.160. The first-order valence-corrected chi connectivity index (χ1v) is 5.49. The van der Waals surface area contributed by atoms with E-state index < -0.39 is 12.5 Å². The first-order chi connectivity index (χ1) is 6.67. The molecule has 0 aromatic carbocycles. The fourth-order valence-electron chi connectivity index (χ4n) is 1.40. The zero-order chi connectivity index (χ0) is 11.0. The van der Waals surface area contributed by atoms with Crippen molar-refractivity contribution in [2.75, 3.05) is 13.1 Å². The van der Waals surface area contributed by atoms with Gasteiger partial charge in [-0.15, -0.1) is 0 Å². The molecule has 0 fully saturated rings. The monoisotopic (exact) mass is 204 g/mol. The second-order valence-electron chi connectivity index (χ2n) is 3.51. The Morgan fingerprint density at radius 1 is 1.07 bits per heavy atom. The van der Waals surface area contributed by atoms with Crippen LogP contribution in [-0.2, 0) is 0 Å². The van der Waals surface area contributed by atoms with Crippen LogP contribution in [0.2, 0.25) is 0 Å². The van der Waals surface area contributed by atoms with Crippen LogP contribution in [0.3, 0.4) is 0 Å². The zero-order valence-electron chi connectivity index (χ0n) is 9.32. The van der Waals surface area contributed by atoms with Gasteiger partial charge in [0.15, 0.2) is 0 Å². The van der Waals surface area contributed by atoms with E-state index in [1.165, 1.54) is 0 Å². The Morgan fingerprint density at radius 2 is 1.57 bits per heavy atom. The minimum atomic E-state index is -0.539. The van der Waals surface area contributed by atoms with Crippen molar-refractivity contribution < 1.29 is 10.2 Å². The molecular formula is C10H24N2O2. The number of unbranched alkanes of at least 4 members (excludes halogenated alkanes) is 1.